The third-order valence-electron chi connectivity index (χ3n) is 3.49. The number of hydrogen-bond acceptors (Lipinski definition) is 4. The first-order chi connectivity index (χ1) is 12.5. The van der Waals surface area contributed by atoms with Gasteiger partial charge in [-0.15, -0.1) is 0 Å². The number of anilines is 1. The number of benzene rings is 2. The molecule has 0 spiro atoms. The molecule has 0 aliphatic carbocycles. The van der Waals surface area contributed by atoms with Crippen LogP contribution < -0.4 is 15.4 Å². The van der Waals surface area contributed by atoms with Crippen molar-refractivity contribution in [3.63, 3.8) is 0 Å². The molecule has 0 unspecified atom stereocenters. The summed E-state index contributed by atoms with van der Waals surface area (Å²) in [6, 6.07) is 14.2. The van der Waals surface area contributed by atoms with Crippen LogP contribution in [-0.4, -0.2) is 19.6 Å². The molecule has 0 saturated heterocycles. The number of methoxy groups -OCH3 is 1. The van der Waals surface area contributed by atoms with Crippen molar-refractivity contribution < 1.29 is 9.53 Å². The highest BCUT2D eigenvalue weighted by Gasteiger charge is 2.10. The predicted octanol–water partition coefficient (Wildman–Crippen LogP) is 4.18. The van der Waals surface area contributed by atoms with Gasteiger partial charge >= 0.3 is 0 Å². The Morgan fingerprint density at radius 2 is 1.96 bits per heavy atom. The summed E-state index contributed by atoms with van der Waals surface area (Å²) >= 11 is 11.9. The van der Waals surface area contributed by atoms with Gasteiger partial charge < -0.3 is 15.4 Å². The molecule has 2 N–H and O–H groups in total. The molecule has 2 aromatic rings. The van der Waals surface area contributed by atoms with E-state index in [0.717, 1.165) is 12.0 Å². The van der Waals surface area contributed by atoms with Crippen molar-refractivity contribution >= 4 is 34.8 Å². The molecule has 2 rings (SSSR count). The van der Waals surface area contributed by atoms with Crippen molar-refractivity contribution in [2.75, 3.05) is 19.0 Å². The Kier molecular flexibility index (Phi) is 7.34. The van der Waals surface area contributed by atoms with E-state index in [4.69, 9.17) is 27.9 Å². The SMILES string of the molecule is COc1ccc(NC(=O)/C(C#N)=C\NCCc2ccc(Cl)cc2)cc1Cl. The molecule has 0 fully saturated rings. The van der Waals surface area contributed by atoms with Gasteiger partial charge in [-0.1, -0.05) is 35.3 Å². The van der Waals surface area contributed by atoms with Gasteiger partial charge in [0.25, 0.3) is 5.91 Å². The largest absolute Gasteiger partial charge is 0.495 e. The van der Waals surface area contributed by atoms with Gasteiger partial charge in [-0.3, -0.25) is 4.79 Å². The smallest absolute Gasteiger partial charge is 0.267 e. The number of carbonyl (C=O) groups excluding carboxylic acids is 1. The number of nitriles is 1. The highest BCUT2D eigenvalue weighted by Crippen LogP contribution is 2.27. The molecular formula is C19H17Cl2N3O2. The summed E-state index contributed by atoms with van der Waals surface area (Å²) in [4.78, 5) is 12.2. The zero-order valence-electron chi connectivity index (χ0n) is 14.1. The van der Waals surface area contributed by atoms with E-state index in [1.807, 2.05) is 30.3 Å². The van der Waals surface area contributed by atoms with Crippen LogP contribution in [0.2, 0.25) is 10.0 Å². The zero-order valence-corrected chi connectivity index (χ0v) is 15.6. The molecule has 2 aromatic carbocycles. The van der Waals surface area contributed by atoms with Crippen LogP contribution in [0.15, 0.2) is 54.2 Å². The van der Waals surface area contributed by atoms with E-state index in [1.54, 1.807) is 18.2 Å². The summed E-state index contributed by atoms with van der Waals surface area (Å²) in [6.45, 7) is 0.578. The monoisotopic (exact) mass is 389 g/mol. The number of hydrogen-bond donors (Lipinski definition) is 2. The van der Waals surface area contributed by atoms with Gasteiger partial charge in [0.15, 0.2) is 0 Å². The molecule has 0 aliphatic rings. The van der Waals surface area contributed by atoms with Gasteiger partial charge in [-0.2, -0.15) is 5.26 Å². The van der Waals surface area contributed by atoms with Gasteiger partial charge in [0.1, 0.15) is 17.4 Å². The molecule has 1 amide bonds. The lowest BCUT2D eigenvalue weighted by molar-refractivity contribution is -0.112. The zero-order chi connectivity index (χ0) is 18.9. The van der Waals surface area contributed by atoms with Crippen LogP contribution in [0.3, 0.4) is 0 Å². The second kappa shape index (κ2) is 9.71. The highest BCUT2D eigenvalue weighted by atomic mass is 35.5. The first-order valence-electron chi connectivity index (χ1n) is 7.76. The topological polar surface area (TPSA) is 74.1 Å². The summed E-state index contributed by atoms with van der Waals surface area (Å²) < 4.78 is 5.06. The number of nitrogens with one attached hydrogen (secondary N) is 2. The molecule has 0 saturated carbocycles. The summed E-state index contributed by atoms with van der Waals surface area (Å²) in [5.74, 6) is -0.0164. The van der Waals surface area contributed by atoms with E-state index in [-0.39, 0.29) is 5.57 Å². The number of halogens is 2. The van der Waals surface area contributed by atoms with Crippen LogP contribution in [0, 0.1) is 11.3 Å². The van der Waals surface area contributed by atoms with Crippen molar-refractivity contribution in [2.24, 2.45) is 0 Å². The van der Waals surface area contributed by atoms with Crippen LogP contribution in [0.25, 0.3) is 0 Å². The molecule has 7 heteroatoms. The Bertz CT molecular complexity index is 843. The maximum atomic E-state index is 12.2. The van der Waals surface area contributed by atoms with Crippen molar-refractivity contribution in [3.8, 4) is 11.8 Å². The van der Waals surface area contributed by atoms with Crippen LogP contribution in [0.1, 0.15) is 5.56 Å². The summed E-state index contributed by atoms with van der Waals surface area (Å²) in [7, 11) is 1.51. The van der Waals surface area contributed by atoms with Crippen molar-refractivity contribution in [3.05, 3.63) is 69.8 Å². The number of nitrogens with zero attached hydrogens (tertiary/aromatic N) is 1. The normalized spacial score (nSPS) is 10.8. The fourth-order valence-corrected chi connectivity index (χ4v) is 2.52. The average Bonchev–Trinajstić information content (AvgIpc) is 2.63. The third kappa shape index (κ3) is 5.69. The quantitative estimate of drug-likeness (QED) is 0.423. The molecule has 5 nitrogen and oxygen atoms in total. The molecule has 0 radical (unpaired) electrons. The Labute approximate surface area is 162 Å². The third-order valence-corrected chi connectivity index (χ3v) is 4.04. The maximum Gasteiger partial charge on any atom is 0.267 e. The molecule has 0 aromatic heterocycles. The van der Waals surface area contributed by atoms with E-state index in [0.29, 0.717) is 28.0 Å². The van der Waals surface area contributed by atoms with Gasteiger partial charge in [0.2, 0.25) is 0 Å². The minimum atomic E-state index is -0.521. The Balaban J connectivity index is 1.91. The second-order valence-corrected chi connectivity index (χ2v) is 6.15. The molecule has 0 heterocycles. The second-order valence-electron chi connectivity index (χ2n) is 5.30. The van der Waals surface area contributed by atoms with Crippen LogP contribution in [0.5, 0.6) is 5.75 Å². The number of carbonyl (C=O) groups is 1. The first-order valence-corrected chi connectivity index (χ1v) is 8.52. The van der Waals surface area contributed by atoms with Gasteiger partial charge in [-0.25, -0.2) is 0 Å². The lowest BCUT2D eigenvalue weighted by Crippen LogP contribution is -2.18. The molecule has 0 aliphatic heterocycles. The summed E-state index contributed by atoms with van der Waals surface area (Å²) in [6.07, 6.45) is 2.14. The predicted molar refractivity (Wildman–Crippen MR) is 103 cm³/mol. The average molecular weight is 390 g/mol. The van der Waals surface area contributed by atoms with E-state index >= 15 is 0 Å². The number of amides is 1. The van der Waals surface area contributed by atoms with E-state index in [2.05, 4.69) is 10.6 Å². The fourth-order valence-electron chi connectivity index (χ4n) is 2.13. The molecule has 134 valence electrons. The van der Waals surface area contributed by atoms with Gasteiger partial charge in [-0.05, 0) is 42.3 Å². The van der Waals surface area contributed by atoms with Gasteiger partial charge in [0, 0.05) is 23.5 Å². The lowest BCUT2D eigenvalue weighted by Gasteiger charge is -2.08. The molecule has 26 heavy (non-hydrogen) atoms. The summed E-state index contributed by atoms with van der Waals surface area (Å²) in [5.41, 5.74) is 1.54. The minimum Gasteiger partial charge on any atom is -0.495 e. The van der Waals surface area contributed by atoms with Crippen molar-refractivity contribution in [1.82, 2.24) is 5.32 Å². The van der Waals surface area contributed by atoms with E-state index in [9.17, 15) is 10.1 Å². The first kappa shape index (κ1) is 19.6. The molecule has 0 atom stereocenters. The van der Waals surface area contributed by atoms with Gasteiger partial charge in [0.05, 0.1) is 12.1 Å². The van der Waals surface area contributed by atoms with Crippen LogP contribution >= 0.6 is 23.2 Å². The highest BCUT2D eigenvalue weighted by molar-refractivity contribution is 6.32. The van der Waals surface area contributed by atoms with Crippen LogP contribution in [-0.2, 0) is 11.2 Å². The van der Waals surface area contributed by atoms with Crippen molar-refractivity contribution in [1.29, 1.82) is 5.26 Å². The lowest BCUT2D eigenvalue weighted by atomic mass is 10.1. The molecular weight excluding hydrogens is 373 g/mol. The van der Waals surface area contributed by atoms with E-state index in [1.165, 1.54) is 13.3 Å². The number of ether oxygens (including phenoxy) is 1. The standard InChI is InChI=1S/C19H17Cl2N3O2/c1-26-18-7-6-16(10-17(18)21)24-19(25)14(11-22)12-23-9-8-13-2-4-15(20)5-3-13/h2-7,10,12,23H,8-9H2,1H3,(H,24,25)/b14-12-. The molecule has 0 bridgehead atoms. The number of rotatable bonds is 7. The van der Waals surface area contributed by atoms with Crippen molar-refractivity contribution in [2.45, 2.75) is 6.42 Å². The minimum absolute atomic E-state index is 0.0342. The fraction of sp³-hybridized carbons (Fsp3) is 0.158. The van der Waals surface area contributed by atoms with E-state index < -0.39 is 5.91 Å². The Hall–Kier alpha value is -2.68. The Morgan fingerprint density at radius 3 is 2.58 bits per heavy atom. The van der Waals surface area contributed by atoms with Crippen LogP contribution in [0.4, 0.5) is 5.69 Å². The Morgan fingerprint density at radius 1 is 1.23 bits per heavy atom. The summed E-state index contributed by atoms with van der Waals surface area (Å²) in [5, 5.41) is 15.8. The maximum absolute atomic E-state index is 12.2.